The van der Waals surface area contributed by atoms with E-state index in [-0.39, 0.29) is 0 Å². The fraction of sp³-hybridized carbons (Fsp3) is 0.222. The summed E-state index contributed by atoms with van der Waals surface area (Å²) in [5, 5.41) is 9.39. The number of rotatable bonds is 1. The topological polar surface area (TPSA) is 37.5 Å². The molecule has 0 bridgehead atoms. The highest BCUT2D eigenvalue weighted by atomic mass is 16.3. The first-order chi connectivity index (χ1) is 5.79. The number of pyridine rings is 1. The van der Waals surface area contributed by atoms with Crippen LogP contribution in [0.5, 0.6) is 0 Å². The van der Waals surface area contributed by atoms with Crippen molar-refractivity contribution in [1.82, 2.24) is 9.38 Å². The van der Waals surface area contributed by atoms with E-state index in [0.29, 0.717) is 0 Å². The van der Waals surface area contributed by atoms with Gasteiger partial charge in [-0.15, -0.1) is 0 Å². The van der Waals surface area contributed by atoms with Crippen molar-refractivity contribution < 1.29 is 5.11 Å². The van der Waals surface area contributed by atoms with Gasteiger partial charge in [-0.25, -0.2) is 4.98 Å². The number of aliphatic hydroxyl groups excluding tert-OH is 1. The van der Waals surface area contributed by atoms with Crippen LogP contribution in [0.2, 0.25) is 0 Å². The van der Waals surface area contributed by atoms with Gasteiger partial charge in [0, 0.05) is 24.2 Å². The van der Waals surface area contributed by atoms with E-state index in [1.165, 1.54) is 0 Å². The van der Waals surface area contributed by atoms with Crippen LogP contribution in [0.15, 0.2) is 30.7 Å². The molecule has 3 heteroatoms. The summed E-state index contributed by atoms with van der Waals surface area (Å²) in [7, 11) is 0. The minimum atomic E-state index is -0.462. The molecule has 0 spiro atoms. The van der Waals surface area contributed by atoms with Gasteiger partial charge in [0.05, 0.1) is 6.10 Å². The Balaban J connectivity index is 2.73. The molecule has 0 saturated carbocycles. The molecule has 2 aromatic heterocycles. The molecule has 2 rings (SSSR count). The van der Waals surface area contributed by atoms with Crippen LogP contribution in [-0.2, 0) is 0 Å². The predicted octanol–water partition coefficient (Wildman–Crippen LogP) is 1.39. The molecular formula is C9H10N2O. The molecule has 0 aromatic carbocycles. The zero-order valence-corrected chi connectivity index (χ0v) is 6.81. The number of fused-ring (bicyclic) bond motifs is 1. The standard InChI is InChI=1S/C9H10N2O/c1-7(12)8-3-2-5-11-6-4-10-9(8)11/h2-7,12H,1H3/t7-/m1/s1. The minimum Gasteiger partial charge on any atom is -0.389 e. The first-order valence-electron chi connectivity index (χ1n) is 3.88. The molecule has 62 valence electrons. The maximum atomic E-state index is 9.39. The lowest BCUT2D eigenvalue weighted by molar-refractivity contribution is 0.200. The van der Waals surface area contributed by atoms with Gasteiger partial charge in [-0.05, 0) is 13.0 Å². The Labute approximate surface area is 70.3 Å². The van der Waals surface area contributed by atoms with Gasteiger partial charge in [0.15, 0.2) is 0 Å². The molecule has 0 aliphatic heterocycles. The summed E-state index contributed by atoms with van der Waals surface area (Å²) in [6.07, 6.45) is 5.03. The first kappa shape index (κ1) is 7.31. The number of aromatic nitrogens is 2. The lowest BCUT2D eigenvalue weighted by Gasteiger charge is -2.04. The fourth-order valence-corrected chi connectivity index (χ4v) is 1.30. The molecule has 1 N–H and O–H groups in total. The molecular weight excluding hydrogens is 152 g/mol. The lowest BCUT2D eigenvalue weighted by Crippen LogP contribution is -1.95. The maximum Gasteiger partial charge on any atom is 0.142 e. The lowest BCUT2D eigenvalue weighted by atomic mass is 10.2. The Hall–Kier alpha value is -1.35. The molecule has 0 aliphatic carbocycles. The maximum absolute atomic E-state index is 9.39. The number of aliphatic hydroxyl groups is 1. The summed E-state index contributed by atoms with van der Waals surface area (Å²) >= 11 is 0. The Morgan fingerprint density at radius 1 is 1.50 bits per heavy atom. The largest absolute Gasteiger partial charge is 0.389 e. The monoisotopic (exact) mass is 162 g/mol. The zero-order valence-electron chi connectivity index (χ0n) is 6.81. The number of imidazole rings is 1. The summed E-state index contributed by atoms with van der Waals surface area (Å²) in [5.74, 6) is 0. The molecule has 2 aromatic rings. The van der Waals surface area contributed by atoms with Gasteiger partial charge >= 0.3 is 0 Å². The van der Waals surface area contributed by atoms with E-state index in [1.807, 2.05) is 28.9 Å². The van der Waals surface area contributed by atoms with E-state index in [0.717, 1.165) is 11.2 Å². The van der Waals surface area contributed by atoms with Crippen molar-refractivity contribution in [1.29, 1.82) is 0 Å². The van der Waals surface area contributed by atoms with Crippen molar-refractivity contribution in [2.45, 2.75) is 13.0 Å². The highest BCUT2D eigenvalue weighted by Gasteiger charge is 2.05. The molecule has 0 fully saturated rings. The van der Waals surface area contributed by atoms with Crippen molar-refractivity contribution in [2.75, 3.05) is 0 Å². The summed E-state index contributed by atoms with van der Waals surface area (Å²) in [6.45, 7) is 1.74. The van der Waals surface area contributed by atoms with Crippen LogP contribution in [0, 0.1) is 0 Å². The zero-order chi connectivity index (χ0) is 8.55. The highest BCUT2D eigenvalue weighted by Crippen LogP contribution is 2.16. The van der Waals surface area contributed by atoms with Crippen molar-refractivity contribution in [3.63, 3.8) is 0 Å². The third-order valence-electron chi connectivity index (χ3n) is 1.90. The van der Waals surface area contributed by atoms with Crippen LogP contribution in [-0.4, -0.2) is 14.5 Å². The Morgan fingerprint density at radius 3 is 3.08 bits per heavy atom. The first-order valence-corrected chi connectivity index (χ1v) is 3.88. The van der Waals surface area contributed by atoms with Crippen LogP contribution in [0.3, 0.4) is 0 Å². The quantitative estimate of drug-likeness (QED) is 0.688. The minimum absolute atomic E-state index is 0.462. The Bertz CT molecular complexity index is 392. The van der Waals surface area contributed by atoms with Gasteiger partial charge < -0.3 is 9.51 Å². The van der Waals surface area contributed by atoms with E-state index >= 15 is 0 Å². The average Bonchev–Trinajstić information content (AvgIpc) is 2.49. The summed E-state index contributed by atoms with van der Waals surface area (Å²) in [5.41, 5.74) is 1.69. The SMILES string of the molecule is C[C@@H](O)c1cccn2ccnc12. The molecule has 0 radical (unpaired) electrons. The van der Waals surface area contributed by atoms with E-state index in [9.17, 15) is 5.11 Å². The number of hydrogen-bond acceptors (Lipinski definition) is 2. The highest BCUT2D eigenvalue weighted by molar-refractivity contribution is 5.48. The van der Waals surface area contributed by atoms with E-state index in [4.69, 9.17) is 0 Å². The molecule has 0 aliphatic rings. The predicted molar refractivity (Wildman–Crippen MR) is 45.8 cm³/mol. The second-order valence-electron chi connectivity index (χ2n) is 2.80. The smallest absolute Gasteiger partial charge is 0.142 e. The van der Waals surface area contributed by atoms with Crippen molar-refractivity contribution >= 4 is 5.65 Å². The van der Waals surface area contributed by atoms with Gasteiger partial charge in [0.1, 0.15) is 5.65 Å². The molecule has 3 nitrogen and oxygen atoms in total. The van der Waals surface area contributed by atoms with Crippen molar-refractivity contribution in [2.24, 2.45) is 0 Å². The number of nitrogens with zero attached hydrogens (tertiary/aromatic N) is 2. The van der Waals surface area contributed by atoms with Crippen LogP contribution in [0.1, 0.15) is 18.6 Å². The third kappa shape index (κ3) is 0.987. The molecule has 1 atom stereocenters. The molecule has 0 unspecified atom stereocenters. The molecule has 0 saturated heterocycles. The average molecular weight is 162 g/mol. The molecule has 12 heavy (non-hydrogen) atoms. The van der Waals surface area contributed by atoms with Crippen LogP contribution in [0.25, 0.3) is 5.65 Å². The summed E-state index contributed by atoms with van der Waals surface area (Å²) in [6, 6.07) is 3.78. The Morgan fingerprint density at radius 2 is 2.33 bits per heavy atom. The summed E-state index contributed by atoms with van der Waals surface area (Å²) in [4.78, 5) is 4.14. The molecule has 0 amide bonds. The van der Waals surface area contributed by atoms with Crippen LogP contribution >= 0.6 is 0 Å². The van der Waals surface area contributed by atoms with Gasteiger partial charge in [0.2, 0.25) is 0 Å². The third-order valence-corrected chi connectivity index (χ3v) is 1.90. The van der Waals surface area contributed by atoms with Gasteiger partial charge in [0.25, 0.3) is 0 Å². The van der Waals surface area contributed by atoms with Crippen molar-refractivity contribution in [3.05, 3.63) is 36.3 Å². The second kappa shape index (κ2) is 2.60. The normalized spacial score (nSPS) is 13.5. The van der Waals surface area contributed by atoms with Crippen molar-refractivity contribution in [3.8, 4) is 0 Å². The fourth-order valence-electron chi connectivity index (χ4n) is 1.30. The van der Waals surface area contributed by atoms with Gasteiger partial charge in [-0.2, -0.15) is 0 Å². The Kier molecular flexibility index (Phi) is 1.59. The number of hydrogen-bond donors (Lipinski definition) is 1. The summed E-state index contributed by atoms with van der Waals surface area (Å²) < 4.78 is 1.89. The second-order valence-corrected chi connectivity index (χ2v) is 2.80. The van der Waals surface area contributed by atoms with Gasteiger partial charge in [-0.3, -0.25) is 0 Å². The van der Waals surface area contributed by atoms with Gasteiger partial charge in [-0.1, -0.05) is 6.07 Å². The van der Waals surface area contributed by atoms with Crippen LogP contribution < -0.4 is 0 Å². The van der Waals surface area contributed by atoms with E-state index < -0.39 is 6.10 Å². The van der Waals surface area contributed by atoms with E-state index in [1.54, 1.807) is 13.1 Å². The van der Waals surface area contributed by atoms with Crippen LogP contribution in [0.4, 0.5) is 0 Å². The van der Waals surface area contributed by atoms with E-state index in [2.05, 4.69) is 4.98 Å². The molecule has 2 heterocycles.